The minimum Gasteiger partial charge on any atom is -0.398 e. The summed E-state index contributed by atoms with van der Waals surface area (Å²) in [4.78, 5) is 10.7. The van der Waals surface area contributed by atoms with E-state index in [0.29, 0.717) is 10.6 Å². The van der Waals surface area contributed by atoms with Crippen LogP contribution in [0, 0.1) is 17.0 Å². The van der Waals surface area contributed by atoms with E-state index in [1.807, 2.05) is 13.0 Å². The third kappa shape index (κ3) is 3.21. The van der Waals surface area contributed by atoms with Gasteiger partial charge in [0, 0.05) is 17.8 Å². The second kappa shape index (κ2) is 5.83. The third-order valence-corrected chi connectivity index (χ3v) is 4.31. The lowest BCUT2D eigenvalue weighted by Crippen LogP contribution is -2.01. The molecule has 0 aromatic heterocycles. The van der Waals surface area contributed by atoms with Crippen molar-refractivity contribution in [2.24, 2.45) is 0 Å². The molecule has 0 heterocycles. The molecule has 2 N–H and O–H groups in total. The van der Waals surface area contributed by atoms with Gasteiger partial charge in [0.2, 0.25) is 0 Å². The number of nitrogen functional groups attached to an aromatic ring is 1. The van der Waals surface area contributed by atoms with Crippen molar-refractivity contribution < 1.29 is 9.13 Å². The zero-order valence-corrected chi connectivity index (χ0v) is 11.7. The van der Waals surface area contributed by atoms with Crippen LogP contribution >= 0.6 is 0 Å². The van der Waals surface area contributed by atoms with E-state index < -0.39 is 15.7 Å². The van der Waals surface area contributed by atoms with E-state index in [9.17, 15) is 14.3 Å². The highest BCUT2D eigenvalue weighted by Crippen LogP contribution is 2.21. The van der Waals surface area contributed by atoms with Crippen molar-refractivity contribution in [3.8, 4) is 0 Å². The first-order valence-corrected chi connectivity index (χ1v) is 7.27. The van der Waals surface area contributed by atoms with Gasteiger partial charge in [0.25, 0.3) is 5.69 Å². The molecule has 0 fully saturated rings. The summed E-state index contributed by atoms with van der Waals surface area (Å²) in [5, 5.41) is 10.6. The Kier molecular flexibility index (Phi) is 4.14. The molecule has 0 radical (unpaired) electrons. The van der Waals surface area contributed by atoms with Crippen LogP contribution in [0.1, 0.15) is 11.1 Å². The van der Waals surface area contributed by atoms with Crippen molar-refractivity contribution in [3.05, 3.63) is 63.7 Å². The van der Waals surface area contributed by atoms with Gasteiger partial charge < -0.3 is 5.73 Å². The number of nitrogens with two attached hydrogens (primary N) is 1. The van der Waals surface area contributed by atoms with Gasteiger partial charge in [0.05, 0.1) is 26.4 Å². The first-order chi connectivity index (χ1) is 9.47. The van der Waals surface area contributed by atoms with E-state index >= 15 is 0 Å². The minimum atomic E-state index is -1.27. The van der Waals surface area contributed by atoms with Crippen molar-refractivity contribution in [2.45, 2.75) is 17.6 Å². The molecule has 0 saturated carbocycles. The maximum atomic E-state index is 12.3. The van der Waals surface area contributed by atoms with Crippen LogP contribution in [0.4, 0.5) is 11.4 Å². The van der Waals surface area contributed by atoms with Crippen LogP contribution in [0.15, 0.2) is 47.4 Å². The van der Waals surface area contributed by atoms with E-state index in [2.05, 4.69) is 0 Å². The quantitative estimate of drug-likeness (QED) is 0.533. The van der Waals surface area contributed by atoms with Gasteiger partial charge >= 0.3 is 0 Å². The molecule has 20 heavy (non-hydrogen) atoms. The standard InChI is InChI=1S/C14H14N2O3S/c1-10-2-7-14(13(15)8-10)20(19)9-11-3-5-12(6-4-11)16(17)18/h2-8H,9,15H2,1H3. The van der Waals surface area contributed by atoms with E-state index in [1.165, 1.54) is 12.1 Å². The molecule has 0 saturated heterocycles. The summed E-state index contributed by atoms with van der Waals surface area (Å²) in [7, 11) is -1.27. The molecule has 0 aliphatic heterocycles. The van der Waals surface area contributed by atoms with Crippen LogP contribution < -0.4 is 5.73 Å². The molecule has 6 heteroatoms. The summed E-state index contributed by atoms with van der Waals surface area (Å²) in [5.74, 6) is 0.283. The number of rotatable bonds is 4. The van der Waals surface area contributed by atoms with Crippen molar-refractivity contribution in [3.63, 3.8) is 0 Å². The summed E-state index contributed by atoms with van der Waals surface area (Å²) in [5.41, 5.74) is 8.17. The Balaban J connectivity index is 2.17. The summed E-state index contributed by atoms with van der Waals surface area (Å²) in [6.07, 6.45) is 0. The molecule has 0 aliphatic rings. The minimum absolute atomic E-state index is 0.0226. The SMILES string of the molecule is Cc1ccc(S(=O)Cc2ccc([N+](=O)[O-])cc2)c(N)c1. The summed E-state index contributed by atoms with van der Waals surface area (Å²) >= 11 is 0. The Morgan fingerprint density at radius 1 is 1.20 bits per heavy atom. The molecule has 0 bridgehead atoms. The smallest absolute Gasteiger partial charge is 0.269 e. The highest BCUT2D eigenvalue weighted by atomic mass is 32.2. The van der Waals surface area contributed by atoms with Crippen molar-refractivity contribution in [2.75, 3.05) is 5.73 Å². The number of hydrogen-bond donors (Lipinski definition) is 1. The summed E-state index contributed by atoms with van der Waals surface area (Å²) < 4.78 is 12.3. The molecule has 0 aliphatic carbocycles. The van der Waals surface area contributed by atoms with Gasteiger partial charge in [-0.3, -0.25) is 14.3 Å². The maximum Gasteiger partial charge on any atom is 0.269 e. The Morgan fingerprint density at radius 3 is 2.40 bits per heavy atom. The fraction of sp³-hybridized carbons (Fsp3) is 0.143. The first kappa shape index (κ1) is 14.2. The van der Waals surface area contributed by atoms with Gasteiger partial charge in [0.15, 0.2) is 0 Å². The van der Waals surface area contributed by atoms with Gasteiger partial charge in [-0.05, 0) is 30.2 Å². The lowest BCUT2D eigenvalue weighted by molar-refractivity contribution is -0.384. The maximum absolute atomic E-state index is 12.3. The Morgan fingerprint density at radius 2 is 1.85 bits per heavy atom. The number of non-ortho nitro benzene ring substituents is 1. The molecule has 0 spiro atoms. The van der Waals surface area contributed by atoms with Crippen LogP contribution in [-0.4, -0.2) is 9.13 Å². The normalized spacial score (nSPS) is 12.1. The second-order valence-electron chi connectivity index (χ2n) is 4.45. The Hall–Kier alpha value is -2.21. The summed E-state index contributed by atoms with van der Waals surface area (Å²) in [6, 6.07) is 11.4. The number of hydrogen-bond acceptors (Lipinski definition) is 4. The summed E-state index contributed by atoms with van der Waals surface area (Å²) in [6.45, 7) is 1.92. The van der Waals surface area contributed by atoms with Crippen molar-refractivity contribution >= 4 is 22.2 Å². The van der Waals surface area contributed by atoms with E-state index in [1.54, 1.807) is 24.3 Å². The molecule has 2 aromatic rings. The highest BCUT2D eigenvalue weighted by molar-refractivity contribution is 7.84. The average molecular weight is 290 g/mol. The number of aryl methyl sites for hydroxylation is 1. The van der Waals surface area contributed by atoms with Crippen LogP contribution in [0.5, 0.6) is 0 Å². The van der Waals surface area contributed by atoms with Gasteiger partial charge in [-0.1, -0.05) is 18.2 Å². The zero-order chi connectivity index (χ0) is 14.7. The Bertz CT molecular complexity index is 669. The zero-order valence-electron chi connectivity index (χ0n) is 10.9. The molecular formula is C14H14N2O3S. The number of nitro groups is 1. The largest absolute Gasteiger partial charge is 0.398 e. The molecule has 2 aromatic carbocycles. The fourth-order valence-corrected chi connectivity index (χ4v) is 3.01. The topological polar surface area (TPSA) is 86.2 Å². The second-order valence-corrected chi connectivity index (χ2v) is 5.87. The molecule has 1 atom stereocenters. The molecular weight excluding hydrogens is 276 g/mol. The predicted octanol–water partition coefficient (Wildman–Crippen LogP) is 2.79. The average Bonchev–Trinajstić information content (AvgIpc) is 2.39. The van der Waals surface area contributed by atoms with Gasteiger partial charge in [0.1, 0.15) is 0 Å². The van der Waals surface area contributed by atoms with Crippen LogP contribution in [0.25, 0.3) is 0 Å². The van der Waals surface area contributed by atoms with Crippen molar-refractivity contribution in [1.29, 1.82) is 0 Å². The van der Waals surface area contributed by atoms with Crippen molar-refractivity contribution in [1.82, 2.24) is 0 Å². The van der Waals surface area contributed by atoms with Gasteiger partial charge in [-0.25, -0.2) is 0 Å². The first-order valence-electron chi connectivity index (χ1n) is 5.95. The number of nitrogens with zero attached hydrogens (tertiary/aromatic N) is 1. The molecule has 104 valence electrons. The predicted molar refractivity (Wildman–Crippen MR) is 78.8 cm³/mol. The lowest BCUT2D eigenvalue weighted by Gasteiger charge is -2.07. The number of nitro benzene ring substituents is 1. The van der Waals surface area contributed by atoms with Gasteiger partial charge in [-0.15, -0.1) is 0 Å². The Labute approximate surface area is 119 Å². The number of anilines is 1. The van der Waals surface area contributed by atoms with Crippen LogP contribution in [0.2, 0.25) is 0 Å². The highest BCUT2D eigenvalue weighted by Gasteiger charge is 2.10. The molecule has 1 unspecified atom stereocenters. The lowest BCUT2D eigenvalue weighted by atomic mass is 10.2. The number of benzene rings is 2. The molecule has 5 nitrogen and oxygen atoms in total. The fourth-order valence-electron chi connectivity index (χ4n) is 1.82. The molecule has 0 amide bonds. The van der Waals surface area contributed by atoms with Gasteiger partial charge in [-0.2, -0.15) is 0 Å². The van der Waals surface area contributed by atoms with Crippen LogP contribution in [0.3, 0.4) is 0 Å². The monoisotopic (exact) mass is 290 g/mol. The van der Waals surface area contributed by atoms with E-state index in [4.69, 9.17) is 5.73 Å². The van der Waals surface area contributed by atoms with Crippen LogP contribution in [-0.2, 0) is 16.6 Å². The molecule has 2 rings (SSSR count). The van der Waals surface area contributed by atoms with E-state index in [0.717, 1.165) is 11.1 Å². The van der Waals surface area contributed by atoms with E-state index in [-0.39, 0.29) is 11.4 Å². The third-order valence-electron chi connectivity index (χ3n) is 2.86.